The van der Waals surface area contributed by atoms with Gasteiger partial charge >= 0.3 is 0 Å². The molecule has 1 heterocycles. The largest absolute Gasteiger partial charge is 0.342 e. The molecule has 0 saturated carbocycles. The second-order valence-electron chi connectivity index (χ2n) is 5.34. The van der Waals surface area contributed by atoms with Crippen molar-refractivity contribution >= 4 is 29.1 Å². The van der Waals surface area contributed by atoms with Gasteiger partial charge < -0.3 is 5.32 Å². The lowest BCUT2D eigenvalue weighted by Gasteiger charge is -2.40. The summed E-state index contributed by atoms with van der Waals surface area (Å²) >= 11 is 5.89. The monoisotopic (exact) mass is 294 g/mol. The van der Waals surface area contributed by atoms with Crippen molar-refractivity contribution in [1.29, 1.82) is 0 Å². The van der Waals surface area contributed by atoms with Crippen LogP contribution in [0.2, 0.25) is 5.02 Å². The second kappa shape index (κ2) is 5.83. The summed E-state index contributed by atoms with van der Waals surface area (Å²) < 4.78 is 0. The van der Waals surface area contributed by atoms with Crippen LogP contribution in [0.4, 0.5) is 5.69 Å². The van der Waals surface area contributed by atoms with Gasteiger partial charge in [-0.1, -0.05) is 32.4 Å². The number of carbonyl (C=O) groups is 2. The van der Waals surface area contributed by atoms with Crippen molar-refractivity contribution in [3.05, 3.63) is 29.3 Å². The van der Waals surface area contributed by atoms with E-state index in [1.807, 2.05) is 20.8 Å². The number of carbonyl (C=O) groups excluding carboxylic acids is 2. The summed E-state index contributed by atoms with van der Waals surface area (Å²) in [6.07, 6.45) is 0.583. The lowest BCUT2D eigenvalue weighted by molar-refractivity contribution is -0.134. The summed E-state index contributed by atoms with van der Waals surface area (Å²) in [5.41, 5.74) is 0.714. The van der Waals surface area contributed by atoms with Crippen LogP contribution in [-0.4, -0.2) is 23.9 Å². The Morgan fingerprint density at radius 2 is 1.85 bits per heavy atom. The Bertz CT molecular complexity index is 513. The van der Waals surface area contributed by atoms with Gasteiger partial charge in [-0.05, 0) is 36.6 Å². The highest BCUT2D eigenvalue weighted by atomic mass is 35.5. The molecule has 2 rings (SSSR count). The standard InChI is InChI=1S/C15H19ClN2O2/c1-4-12-15(20)18(11-7-5-10(16)6-8-11)13(9(2)3)14(19)17-12/h5-9,12-13H,4H2,1-3H3,(H,17,19). The van der Waals surface area contributed by atoms with Crippen molar-refractivity contribution in [2.24, 2.45) is 5.92 Å². The first kappa shape index (κ1) is 14.9. The molecule has 4 nitrogen and oxygen atoms in total. The molecule has 1 fully saturated rings. The zero-order valence-corrected chi connectivity index (χ0v) is 12.6. The van der Waals surface area contributed by atoms with Crippen LogP contribution in [0.1, 0.15) is 27.2 Å². The van der Waals surface area contributed by atoms with E-state index in [1.165, 1.54) is 0 Å². The molecule has 1 aromatic carbocycles. The number of hydrogen-bond donors (Lipinski definition) is 1. The molecule has 0 radical (unpaired) electrons. The number of amides is 2. The fourth-order valence-electron chi connectivity index (χ4n) is 2.51. The fraction of sp³-hybridized carbons (Fsp3) is 0.467. The molecular formula is C15H19ClN2O2. The van der Waals surface area contributed by atoms with Crippen LogP contribution in [0.25, 0.3) is 0 Å². The molecule has 2 amide bonds. The van der Waals surface area contributed by atoms with Crippen molar-refractivity contribution in [3.8, 4) is 0 Å². The number of benzene rings is 1. The maximum absolute atomic E-state index is 12.6. The van der Waals surface area contributed by atoms with Gasteiger partial charge in [0.15, 0.2) is 0 Å². The molecule has 0 spiro atoms. The summed E-state index contributed by atoms with van der Waals surface area (Å²) in [6.45, 7) is 5.76. The number of nitrogens with one attached hydrogen (secondary N) is 1. The first-order valence-corrected chi connectivity index (χ1v) is 7.22. The van der Waals surface area contributed by atoms with E-state index in [1.54, 1.807) is 29.2 Å². The van der Waals surface area contributed by atoms with E-state index in [4.69, 9.17) is 11.6 Å². The van der Waals surface area contributed by atoms with E-state index in [-0.39, 0.29) is 17.7 Å². The minimum absolute atomic E-state index is 0.0347. The molecule has 1 aromatic rings. The average Bonchev–Trinajstić information content (AvgIpc) is 2.41. The van der Waals surface area contributed by atoms with Crippen molar-refractivity contribution in [3.63, 3.8) is 0 Å². The third-order valence-electron chi connectivity index (χ3n) is 3.54. The molecule has 20 heavy (non-hydrogen) atoms. The van der Waals surface area contributed by atoms with E-state index in [0.717, 1.165) is 0 Å². The third-order valence-corrected chi connectivity index (χ3v) is 3.80. The molecule has 0 aliphatic carbocycles. The predicted molar refractivity (Wildman–Crippen MR) is 79.8 cm³/mol. The van der Waals surface area contributed by atoms with Crippen molar-refractivity contribution in [2.75, 3.05) is 4.90 Å². The van der Waals surface area contributed by atoms with Crippen LogP contribution in [0.15, 0.2) is 24.3 Å². The minimum atomic E-state index is -0.480. The quantitative estimate of drug-likeness (QED) is 0.931. The summed E-state index contributed by atoms with van der Waals surface area (Å²) in [5.74, 6) is -0.123. The normalized spacial score (nSPS) is 23.1. The highest BCUT2D eigenvalue weighted by Crippen LogP contribution is 2.27. The molecule has 1 N–H and O–H groups in total. The highest BCUT2D eigenvalue weighted by Gasteiger charge is 2.41. The van der Waals surface area contributed by atoms with Crippen molar-refractivity contribution in [2.45, 2.75) is 39.3 Å². The number of anilines is 1. The van der Waals surface area contributed by atoms with Crippen LogP contribution in [0.5, 0.6) is 0 Å². The van der Waals surface area contributed by atoms with Crippen LogP contribution in [0, 0.1) is 5.92 Å². The fourth-order valence-corrected chi connectivity index (χ4v) is 2.63. The van der Waals surface area contributed by atoms with Gasteiger partial charge in [0.05, 0.1) is 0 Å². The van der Waals surface area contributed by atoms with Crippen LogP contribution >= 0.6 is 11.6 Å². The van der Waals surface area contributed by atoms with E-state index in [0.29, 0.717) is 17.1 Å². The van der Waals surface area contributed by atoms with E-state index < -0.39 is 12.1 Å². The van der Waals surface area contributed by atoms with E-state index >= 15 is 0 Å². The molecule has 2 atom stereocenters. The Balaban J connectivity index is 2.44. The van der Waals surface area contributed by atoms with Gasteiger partial charge in [-0.3, -0.25) is 14.5 Å². The highest BCUT2D eigenvalue weighted by molar-refractivity contribution is 6.30. The lowest BCUT2D eigenvalue weighted by atomic mass is 9.95. The summed E-state index contributed by atoms with van der Waals surface area (Å²) in [7, 11) is 0. The average molecular weight is 295 g/mol. The van der Waals surface area contributed by atoms with Crippen LogP contribution in [-0.2, 0) is 9.59 Å². The Morgan fingerprint density at radius 3 is 2.35 bits per heavy atom. The number of hydrogen-bond acceptors (Lipinski definition) is 2. The Kier molecular flexibility index (Phi) is 4.33. The molecule has 1 saturated heterocycles. The van der Waals surface area contributed by atoms with Gasteiger partial charge in [0.25, 0.3) is 0 Å². The van der Waals surface area contributed by atoms with Gasteiger partial charge in [0, 0.05) is 10.7 Å². The van der Waals surface area contributed by atoms with Crippen LogP contribution in [0.3, 0.4) is 0 Å². The number of piperazine rings is 1. The lowest BCUT2D eigenvalue weighted by Crippen LogP contribution is -2.65. The van der Waals surface area contributed by atoms with Crippen LogP contribution < -0.4 is 10.2 Å². The topological polar surface area (TPSA) is 49.4 Å². The number of nitrogens with zero attached hydrogens (tertiary/aromatic N) is 1. The predicted octanol–water partition coefficient (Wildman–Crippen LogP) is 2.61. The molecular weight excluding hydrogens is 276 g/mol. The Hall–Kier alpha value is -1.55. The van der Waals surface area contributed by atoms with Gasteiger partial charge in [-0.15, -0.1) is 0 Å². The summed E-state index contributed by atoms with van der Waals surface area (Å²) in [5, 5.41) is 3.41. The van der Waals surface area contributed by atoms with E-state index in [2.05, 4.69) is 5.32 Å². The maximum atomic E-state index is 12.6. The zero-order valence-electron chi connectivity index (χ0n) is 11.9. The van der Waals surface area contributed by atoms with E-state index in [9.17, 15) is 9.59 Å². The van der Waals surface area contributed by atoms with Gasteiger partial charge in [-0.25, -0.2) is 0 Å². The zero-order chi connectivity index (χ0) is 14.9. The second-order valence-corrected chi connectivity index (χ2v) is 5.78. The molecule has 1 aliphatic heterocycles. The Labute approximate surface area is 124 Å². The summed E-state index contributed by atoms with van der Waals surface area (Å²) in [4.78, 5) is 26.5. The maximum Gasteiger partial charge on any atom is 0.250 e. The first-order chi connectivity index (χ1) is 9.45. The SMILES string of the molecule is CCC1NC(=O)C(C(C)C)N(c2ccc(Cl)cc2)C1=O. The molecule has 2 unspecified atom stereocenters. The molecule has 108 valence electrons. The molecule has 1 aliphatic rings. The van der Waals surface area contributed by atoms with Crippen molar-refractivity contribution in [1.82, 2.24) is 5.32 Å². The van der Waals surface area contributed by atoms with Gasteiger partial charge in [0.1, 0.15) is 12.1 Å². The number of rotatable bonds is 3. The Morgan fingerprint density at radius 1 is 1.25 bits per heavy atom. The first-order valence-electron chi connectivity index (χ1n) is 6.84. The van der Waals surface area contributed by atoms with Gasteiger partial charge in [0.2, 0.25) is 11.8 Å². The van der Waals surface area contributed by atoms with Crippen molar-refractivity contribution < 1.29 is 9.59 Å². The molecule has 5 heteroatoms. The molecule has 0 bridgehead atoms. The third kappa shape index (κ3) is 2.66. The number of halogens is 1. The molecule has 0 aromatic heterocycles. The minimum Gasteiger partial charge on any atom is -0.342 e. The smallest absolute Gasteiger partial charge is 0.250 e. The summed E-state index contributed by atoms with van der Waals surface area (Å²) in [6, 6.07) is 6.09. The van der Waals surface area contributed by atoms with Gasteiger partial charge in [-0.2, -0.15) is 0 Å².